The van der Waals surface area contributed by atoms with Crippen molar-refractivity contribution in [2.45, 2.75) is 17.3 Å². The van der Waals surface area contributed by atoms with Gasteiger partial charge in [0.2, 0.25) is 5.01 Å². The molecule has 5 aromatic rings. The summed E-state index contributed by atoms with van der Waals surface area (Å²) in [6, 6.07) is 21.8. The molecule has 158 valence electrons. The first-order valence-corrected chi connectivity index (χ1v) is 12.5. The lowest BCUT2D eigenvalue weighted by atomic mass is 10.2. The number of hydrogen-bond donors (Lipinski definition) is 1. The predicted molar refractivity (Wildman–Crippen MR) is 130 cm³/mol. The topological polar surface area (TPSA) is 80.7 Å². The molecule has 3 heterocycles. The van der Waals surface area contributed by atoms with Gasteiger partial charge in [0.25, 0.3) is 5.91 Å². The quantitative estimate of drug-likeness (QED) is 0.250. The number of carbonyl (C=O) groups excluding carboxylic acids is 1. The van der Waals surface area contributed by atoms with Crippen molar-refractivity contribution in [2.75, 3.05) is 0 Å². The molecule has 2 aromatic carbocycles. The highest BCUT2D eigenvalue weighted by molar-refractivity contribution is 7.98. The van der Waals surface area contributed by atoms with Crippen molar-refractivity contribution in [2.24, 2.45) is 0 Å². The molecule has 32 heavy (non-hydrogen) atoms. The lowest BCUT2D eigenvalue weighted by molar-refractivity contribution is 0.0950. The zero-order chi connectivity index (χ0) is 21.8. The van der Waals surface area contributed by atoms with Gasteiger partial charge in [0.15, 0.2) is 5.82 Å². The number of fused-ring (bicyclic) bond motifs is 1. The van der Waals surface area contributed by atoms with Gasteiger partial charge in [-0.2, -0.15) is 0 Å². The summed E-state index contributed by atoms with van der Waals surface area (Å²) in [5, 5.41) is 16.2. The molecular weight excluding hydrogens is 458 g/mol. The van der Waals surface area contributed by atoms with Gasteiger partial charge >= 0.3 is 0 Å². The summed E-state index contributed by atoms with van der Waals surface area (Å²) in [6.45, 7) is 0.460. The highest BCUT2D eigenvalue weighted by atomic mass is 32.2. The number of rotatable bonds is 7. The molecule has 0 unspecified atom stereocenters. The number of benzene rings is 2. The Morgan fingerprint density at radius 1 is 0.938 bits per heavy atom. The van der Waals surface area contributed by atoms with E-state index in [9.17, 15) is 4.79 Å². The van der Waals surface area contributed by atoms with Crippen LogP contribution in [0.4, 0.5) is 0 Å². The van der Waals surface area contributed by atoms with E-state index in [0.29, 0.717) is 17.3 Å². The third kappa shape index (κ3) is 4.69. The van der Waals surface area contributed by atoms with Crippen LogP contribution in [0, 0.1) is 0 Å². The average molecular weight is 476 g/mol. The van der Waals surface area contributed by atoms with Crippen LogP contribution in [0.1, 0.15) is 20.4 Å². The van der Waals surface area contributed by atoms with E-state index in [2.05, 4.69) is 15.5 Å². The number of nitrogens with one attached hydrogen (secondary N) is 1. The average Bonchev–Trinajstić information content (AvgIpc) is 3.54. The number of carbonyl (C=O) groups is 1. The molecule has 0 atom stereocenters. The molecule has 0 radical (unpaired) electrons. The van der Waals surface area contributed by atoms with E-state index in [4.69, 9.17) is 9.97 Å². The summed E-state index contributed by atoms with van der Waals surface area (Å²) < 4.78 is 0. The first-order valence-electron chi connectivity index (χ1n) is 9.84. The van der Waals surface area contributed by atoms with Crippen molar-refractivity contribution in [3.63, 3.8) is 0 Å². The minimum Gasteiger partial charge on any atom is -0.346 e. The van der Waals surface area contributed by atoms with Gasteiger partial charge in [-0.1, -0.05) is 77.7 Å². The van der Waals surface area contributed by atoms with Crippen LogP contribution < -0.4 is 5.32 Å². The van der Waals surface area contributed by atoms with Crippen molar-refractivity contribution in [3.05, 3.63) is 87.7 Å². The smallest absolute Gasteiger partial charge is 0.282 e. The van der Waals surface area contributed by atoms with Gasteiger partial charge in [-0.3, -0.25) is 4.79 Å². The van der Waals surface area contributed by atoms with E-state index in [0.717, 1.165) is 37.2 Å². The van der Waals surface area contributed by atoms with Gasteiger partial charge in [0.05, 0.1) is 16.1 Å². The SMILES string of the molecule is O=C(NCc1ccccc1)c1nnc(CSc2nc(-c3cccs3)nc3ccccc23)s1. The van der Waals surface area contributed by atoms with E-state index in [1.807, 2.05) is 72.1 Å². The van der Waals surface area contributed by atoms with E-state index in [-0.39, 0.29) is 5.91 Å². The molecule has 3 aromatic heterocycles. The van der Waals surface area contributed by atoms with Crippen LogP contribution in [-0.4, -0.2) is 26.1 Å². The predicted octanol–water partition coefficient (Wildman–Crippen LogP) is 5.43. The molecule has 1 N–H and O–H groups in total. The van der Waals surface area contributed by atoms with Crippen LogP contribution in [-0.2, 0) is 12.3 Å². The fraction of sp³-hybridized carbons (Fsp3) is 0.0870. The molecule has 6 nitrogen and oxygen atoms in total. The van der Waals surface area contributed by atoms with Crippen molar-refractivity contribution >= 4 is 51.2 Å². The normalized spacial score (nSPS) is 11.0. The summed E-state index contributed by atoms with van der Waals surface area (Å²) in [6.07, 6.45) is 0. The van der Waals surface area contributed by atoms with Gasteiger partial charge in [-0.05, 0) is 23.1 Å². The van der Waals surface area contributed by atoms with Crippen molar-refractivity contribution in [1.29, 1.82) is 0 Å². The van der Waals surface area contributed by atoms with Gasteiger partial charge in [-0.15, -0.1) is 21.5 Å². The zero-order valence-electron chi connectivity index (χ0n) is 16.8. The van der Waals surface area contributed by atoms with Gasteiger partial charge in [-0.25, -0.2) is 9.97 Å². The Labute approximate surface area is 196 Å². The number of thiophene rings is 1. The van der Waals surface area contributed by atoms with Crippen molar-refractivity contribution in [1.82, 2.24) is 25.5 Å². The fourth-order valence-corrected chi connectivity index (χ4v) is 5.48. The molecule has 0 saturated heterocycles. The molecule has 9 heteroatoms. The second-order valence-corrected chi connectivity index (χ2v) is 9.78. The van der Waals surface area contributed by atoms with E-state index in [1.165, 1.54) is 11.3 Å². The Kier molecular flexibility index (Phi) is 6.20. The fourth-order valence-electron chi connectivity index (χ4n) is 3.06. The molecule has 5 rings (SSSR count). The van der Waals surface area contributed by atoms with Gasteiger partial charge in [0.1, 0.15) is 10.0 Å². The lowest BCUT2D eigenvalue weighted by Crippen LogP contribution is -2.22. The number of para-hydroxylation sites is 1. The molecule has 1 amide bonds. The number of thioether (sulfide) groups is 1. The van der Waals surface area contributed by atoms with Crippen LogP contribution in [0.25, 0.3) is 21.6 Å². The Morgan fingerprint density at radius 3 is 2.62 bits per heavy atom. The molecule has 0 aliphatic heterocycles. The van der Waals surface area contributed by atoms with Crippen molar-refractivity contribution in [3.8, 4) is 10.7 Å². The van der Waals surface area contributed by atoms with E-state index in [1.54, 1.807) is 23.1 Å². The van der Waals surface area contributed by atoms with Crippen LogP contribution in [0.15, 0.2) is 77.1 Å². The Morgan fingerprint density at radius 2 is 1.78 bits per heavy atom. The number of nitrogens with zero attached hydrogens (tertiary/aromatic N) is 4. The summed E-state index contributed by atoms with van der Waals surface area (Å²) in [5.41, 5.74) is 1.95. The minimum atomic E-state index is -0.213. The summed E-state index contributed by atoms with van der Waals surface area (Å²) in [4.78, 5) is 23.0. The maximum absolute atomic E-state index is 12.4. The Hall–Kier alpha value is -3.14. The first-order chi connectivity index (χ1) is 15.8. The summed E-state index contributed by atoms with van der Waals surface area (Å²) >= 11 is 4.50. The number of aromatic nitrogens is 4. The first kappa shape index (κ1) is 20.7. The number of amides is 1. The summed E-state index contributed by atoms with van der Waals surface area (Å²) in [5.74, 6) is 1.09. The molecule has 0 aliphatic rings. The van der Waals surface area contributed by atoms with Crippen molar-refractivity contribution < 1.29 is 4.79 Å². The van der Waals surface area contributed by atoms with Crippen LogP contribution >= 0.6 is 34.4 Å². The highest BCUT2D eigenvalue weighted by Crippen LogP contribution is 2.32. The summed E-state index contributed by atoms with van der Waals surface area (Å²) in [7, 11) is 0. The third-order valence-corrected chi connectivity index (χ3v) is 7.57. The molecule has 0 spiro atoms. The number of hydrogen-bond acceptors (Lipinski definition) is 8. The molecule has 0 bridgehead atoms. The zero-order valence-corrected chi connectivity index (χ0v) is 19.2. The maximum Gasteiger partial charge on any atom is 0.282 e. The largest absolute Gasteiger partial charge is 0.346 e. The highest BCUT2D eigenvalue weighted by Gasteiger charge is 2.15. The molecule has 0 fully saturated rings. The second kappa shape index (κ2) is 9.56. The van der Waals surface area contributed by atoms with E-state index >= 15 is 0 Å². The Bertz CT molecular complexity index is 1350. The molecular formula is C23H17N5OS3. The van der Waals surface area contributed by atoms with Crippen LogP contribution in [0.5, 0.6) is 0 Å². The standard InChI is InChI=1S/C23H17N5OS3/c29-21(24-13-15-7-2-1-3-8-15)23-28-27-19(32-23)14-31-22-16-9-4-5-10-17(16)25-20(26-22)18-11-6-12-30-18/h1-12H,13-14H2,(H,24,29). The second-order valence-electron chi connectivity index (χ2n) is 6.80. The van der Waals surface area contributed by atoms with Gasteiger partial charge < -0.3 is 5.32 Å². The van der Waals surface area contributed by atoms with Gasteiger partial charge in [0, 0.05) is 11.9 Å². The van der Waals surface area contributed by atoms with E-state index < -0.39 is 0 Å². The van der Waals surface area contributed by atoms with Crippen LogP contribution in [0.3, 0.4) is 0 Å². The molecule has 0 saturated carbocycles. The minimum absolute atomic E-state index is 0.213. The Balaban J connectivity index is 1.30. The molecule has 0 aliphatic carbocycles. The lowest BCUT2D eigenvalue weighted by Gasteiger charge is -2.06. The maximum atomic E-state index is 12.4. The monoisotopic (exact) mass is 475 g/mol. The third-order valence-electron chi connectivity index (χ3n) is 4.60. The van der Waals surface area contributed by atoms with Crippen LogP contribution in [0.2, 0.25) is 0 Å².